The number of aromatic nitrogens is 2. The van der Waals surface area contributed by atoms with Gasteiger partial charge in [0.2, 0.25) is 11.4 Å². The lowest BCUT2D eigenvalue weighted by atomic mass is 10.1. The van der Waals surface area contributed by atoms with Crippen molar-refractivity contribution in [2.24, 2.45) is 0 Å². The van der Waals surface area contributed by atoms with E-state index in [1.165, 1.54) is 6.07 Å². The van der Waals surface area contributed by atoms with Gasteiger partial charge in [-0.25, -0.2) is 4.98 Å². The Kier molecular flexibility index (Phi) is 5.93. The first-order chi connectivity index (χ1) is 15.1. The topological polar surface area (TPSA) is 93.3 Å². The molecule has 31 heavy (non-hydrogen) atoms. The predicted octanol–water partition coefficient (Wildman–Crippen LogP) is 4.04. The van der Waals surface area contributed by atoms with Crippen LogP contribution < -0.4 is 20.3 Å². The van der Waals surface area contributed by atoms with Gasteiger partial charge in [0, 0.05) is 35.8 Å². The van der Waals surface area contributed by atoms with Crippen molar-refractivity contribution in [3.63, 3.8) is 0 Å². The number of nitrogens with one attached hydrogen (secondary N) is 2. The van der Waals surface area contributed by atoms with Crippen molar-refractivity contribution in [2.45, 2.75) is 13.5 Å². The fraction of sp³-hybridized carbons (Fsp3) is 0.125. The Hall–Kier alpha value is -4.13. The zero-order valence-corrected chi connectivity index (χ0v) is 16.9. The number of carbonyl (C=O) groups excluding carboxylic acids is 1. The lowest BCUT2D eigenvalue weighted by molar-refractivity contribution is 0.0952. The second kappa shape index (κ2) is 9.13. The summed E-state index contributed by atoms with van der Waals surface area (Å²) in [6, 6.07) is 19.4. The SMILES string of the molecule is CCOc1ccccc1Oc1ccc(CNC(=O)c2cc(=O)[nH]c3ccccc23)cn1. The molecule has 2 N–H and O–H groups in total. The lowest BCUT2D eigenvalue weighted by Gasteiger charge is -2.11. The van der Waals surface area contributed by atoms with E-state index in [9.17, 15) is 9.59 Å². The van der Waals surface area contributed by atoms with E-state index >= 15 is 0 Å². The predicted molar refractivity (Wildman–Crippen MR) is 118 cm³/mol. The third-order valence-corrected chi connectivity index (χ3v) is 4.61. The maximum absolute atomic E-state index is 12.7. The molecule has 7 heteroatoms. The quantitative estimate of drug-likeness (QED) is 0.475. The molecule has 0 spiro atoms. The molecule has 1 amide bonds. The van der Waals surface area contributed by atoms with E-state index in [1.807, 2.05) is 49.4 Å². The summed E-state index contributed by atoms with van der Waals surface area (Å²) in [6.07, 6.45) is 1.63. The standard InChI is InChI=1S/C24H21N3O4/c1-2-30-20-9-5-6-10-21(20)31-23-12-11-16(14-25-23)15-26-24(29)18-13-22(28)27-19-8-4-3-7-17(18)19/h3-14H,2,15H2,1H3,(H,26,29)(H,27,28). The average Bonchev–Trinajstić information content (AvgIpc) is 2.79. The Bertz CT molecular complexity index is 1270. The molecule has 0 saturated carbocycles. The van der Waals surface area contributed by atoms with Gasteiger partial charge in [-0.15, -0.1) is 0 Å². The molecule has 0 atom stereocenters. The molecule has 0 bridgehead atoms. The Morgan fingerprint density at radius 1 is 1.03 bits per heavy atom. The number of fused-ring (bicyclic) bond motifs is 1. The molecule has 4 rings (SSSR count). The number of ether oxygens (including phenoxy) is 2. The molecule has 0 radical (unpaired) electrons. The molecule has 0 aliphatic carbocycles. The smallest absolute Gasteiger partial charge is 0.252 e. The zero-order valence-electron chi connectivity index (χ0n) is 16.9. The van der Waals surface area contributed by atoms with E-state index in [-0.39, 0.29) is 18.0 Å². The second-order valence-corrected chi connectivity index (χ2v) is 6.76. The molecule has 0 unspecified atom stereocenters. The third kappa shape index (κ3) is 4.72. The van der Waals surface area contributed by atoms with E-state index < -0.39 is 0 Å². The number of H-pyrrole nitrogens is 1. The van der Waals surface area contributed by atoms with Crippen LogP contribution in [-0.2, 0) is 6.54 Å². The van der Waals surface area contributed by atoms with E-state index in [2.05, 4.69) is 15.3 Å². The number of hydrogen-bond donors (Lipinski definition) is 2. The van der Waals surface area contributed by atoms with Crippen LogP contribution in [-0.4, -0.2) is 22.5 Å². The number of aromatic amines is 1. The first kappa shape index (κ1) is 20.2. The minimum absolute atomic E-state index is 0.267. The van der Waals surface area contributed by atoms with Crippen LogP contribution in [0.4, 0.5) is 0 Å². The summed E-state index contributed by atoms with van der Waals surface area (Å²) in [7, 11) is 0. The van der Waals surface area contributed by atoms with Crippen LogP contribution in [0.3, 0.4) is 0 Å². The highest BCUT2D eigenvalue weighted by Crippen LogP contribution is 2.30. The van der Waals surface area contributed by atoms with Gasteiger partial charge in [0.1, 0.15) is 0 Å². The number of carbonyl (C=O) groups is 1. The van der Waals surface area contributed by atoms with Crippen molar-refractivity contribution in [1.82, 2.24) is 15.3 Å². The van der Waals surface area contributed by atoms with Crippen LogP contribution >= 0.6 is 0 Å². The fourth-order valence-corrected chi connectivity index (χ4v) is 3.17. The largest absolute Gasteiger partial charge is 0.490 e. The summed E-state index contributed by atoms with van der Waals surface area (Å²) < 4.78 is 11.4. The molecule has 2 aromatic heterocycles. The van der Waals surface area contributed by atoms with Gasteiger partial charge in [-0.3, -0.25) is 9.59 Å². The van der Waals surface area contributed by atoms with Gasteiger partial charge in [-0.2, -0.15) is 0 Å². The highest BCUT2D eigenvalue weighted by molar-refractivity contribution is 6.05. The average molecular weight is 415 g/mol. The normalized spacial score (nSPS) is 10.6. The maximum atomic E-state index is 12.7. The van der Waals surface area contributed by atoms with Crippen molar-refractivity contribution in [3.05, 3.63) is 94.4 Å². The molecule has 2 heterocycles. The van der Waals surface area contributed by atoms with Crippen LogP contribution in [0.2, 0.25) is 0 Å². The molecule has 4 aromatic rings. The van der Waals surface area contributed by atoms with E-state index in [4.69, 9.17) is 9.47 Å². The van der Waals surface area contributed by atoms with Crippen LogP contribution in [0.15, 0.2) is 77.7 Å². The van der Waals surface area contributed by atoms with Gasteiger partial charge < -0.3 is 19.8 Å². The van der Waals surface area contributed by atoms with Crippen LogP contribution in [0.25, 0.3) is 10.9 Å². The van der Waals surface area contributed by atoms with Crippen molar-refractivity contribution in [2.75, 3.05) is 6.61 Å². The summed E-state index contributed by atoms with van der Waals surface area (Å²) >= 11 is 0. The van der Waals surface area contributed by atoms with Gasteiger partial charge in [-0.05, 0) is 30.7 Å². The summed E-state index contributed by atoms with van der Waals surface area (Å²) in [4.78, 5) is 31.6. The number of para-hydroxylation sites is 3. The van der Waals surface area contributed by atoms with Crippen LogP contribution in [0, 0.1) is 0 Å². The van der Waals surface area contributed by atoms with Crippen molar-refractivity contribution < 1.29 is 14.3 Å². The van der Waals surface area contributed by atoms with E-state index in [0.717, 1.165) is 5.56 Å². The highest BCUT2D eigenvalue weighted by atomic mass is 16.5. The zero-order chi connectivity index (χ0) is 21.6. The van der Waals surface area contributed by atoms with Crippen molar-refractivity contribution in [1.29, 1.82) is 0 Å². The first-order valence-electron chi connectivity index (χ1n) is 9.89. The van der Waals surface area contributed by atoms with Gasteiger partial charge >= 0.3 is 0 Å². The number of hydrogen-bond acceptors (Lipinski definition) is 5. The maximum Gasteiger partial charge on any atom is 0.252 e. The minimum Gasteiger partial charge on any atom is -0.490 e. The molecule has 0 fully saturated rings. The van der Waals surface area contributed by atoms with Gasteiger partial charge in [0.05, 0.1) is 12.2 Å². The second-order valence-electron chi connectivity index (χ2n) is 6.76. The fourth-order valence-electron chi connectivity index (χ4n) is 3.17. The van der Waals surface area contributed by atoms with E-state index in [1.54, 1.807) is 24.4 Å². The summed E-state index contributed by atoms with van der Waals surface area (Å²) in [5, 5.41) is 3.53. The van der Waals surface area contributed by atoms with Gasteiger partial charge in [0.25, 0.3) is 5.91 Å². The molecular weight excluding hydrogens is 394 g/mol. The third-order valence-electron chi connectivity index (χ3n) is 4.61. The van der Waals surface area contributed by atoms with Crippen molar-refractivity contribution >= 4 is 16.8 Å². The Labute approximate surface area is 178 Å². The number of pyridine rings is 2. The number of nitrogens with zero attached hydrogens (tertiary/aromatic N) is 1. The molecule has 0 aliphatic rings. The van der Waals surface area contributed by atoms with Crippen LogP contribution in [0.1, 0.15) is 22.8 Å². The number of amides is 1. The molecule has 2 aromatic carbocycles. The monoisotopic (exact) mass is 415 g/mol. The number of benzene rings is 2. The lowest BCUT2D eigenvalue weighted by Crippen LogP contribution is -2.24. The molecule has 0 aliphatic heterocycles. The summed E-state index contributed by atoms with van der Waals surface area (Å²) in [5.74, 6) is 1.32. The molecule has 0 saturated heterocycles. The molecular formula is C24H21N3O4. The highest BCUT2D eigenvalue weighted by Gasteiger charge is 2.12. The van der Waals surface area contributed by atoms with Crippen molar-refractivity contribution in [3.8, 4) is 17.4 Å². The van der Waals surface area contributed by atoms with E-state index in [0.29, 0.717) is 40.5 Å². The number of rotatable bonds is 7. The first-order valence-corrected chi connectivity index (χ1v) is 9.89. The Morgan fingerprint density at radius 3 is 2.58 bits per heavy atom. The summed E-state index contributed by atoms with van der Waals surface area (Å²) in [6.45, 7) is 2.71. The Morgan fingerprint density at radius 2 is 1.81 bits per heavy atom. The molecule has 7 nitrogen and oxygen atoms in total. The Balaban J connectivity index is 1.44. The summed E-state index contributed by atoms with van der Waals surface area (Å²) in [5.41, 5.74) is 1.43. The molecule has 156 valence electrons. The van der Waals surface area contributed by atoms with Gasteiger partial charge in [0.15, 0.2) is 11.5 Å². The van der Waals surface area contributed by atoms with Crippen LogP contribution in [0.5, 0.6) is 17.4 Å². The van der Waals surface area contributed by atoms with Gasteiger partial charge in [-0.1, -0.05) is 36.4 Å². The minimum atomic E-state index is -0.326.